The number of rotatable bonds is 5. The van der Waals surface area contributed by atoms with Crippen LogP contribution in [0, 0.1) is 6.92 Å². The molecule has 3 rings (SSSR count). The van der Waals surface area contributed by atoms with Crippen molar-refractivity contribution in [2.45, 2.75) is 20.0 Å². The van der Waals surface area contributed by atoms with Gasteiger partial charge in [-0.1, -0.05) is 30.3 Å². The highest BCUT2D eigenvalue weighted by Gasteiger charge is 2.08. The molecule has 7 heteroatoms. The first-order valence-corrected chi connectivity index (χ1v) is 8.04. The van der Waals surface area contributed by atoms with Crippen molar-refractivity contribution in [3.8, 4) is 0 Å². The van der Waals surface area contributed by atoms with Crippen molar-refractivity contribution in [2.75, 3.05) is 5.32 Å². The van der Waals surface area contributed by atoms with Gasteiger partial charge in [0.25, 0.3) is 0 Å². The van der Waals surface area contributed by atoms with Gasteiger partial charge in [0.05, 0.1) is 19.3 Å². The Bertz CT molecular complexity index is 781. The van der Waals surface area contributed by atoms with Gasteiger partial charge < -0.3 is 5.32 Å². The summed E-state index contributed by atoms with van der Waals surface area (Å²) < 4.78 is 1.75. The third-order valence-electron chi connectivity index (χ3n) is 3.20. The number of amides is 2. The van der Waals surface area contributed by atoms with Gasteiger partial charge in [-0.2, -0.15) is 5.10 Å². The topological polar surface area (TPSA) is 71.8 Å². The molecular formula is C16H17N5OS. The van der Waals surface area contributed by atoms with E-state index >= 15 is 0 Å². The minimum absolute atomic E-state index is 0.271. The Morgan fingerprint density at radius 2 is 2.09 bits per heavy atom. The summed E-state index contributed by atoms with van der Waals surface area (Å²) in [5.41, 5.74) is 1.12. The second-order valence-corrected chi connectivity index (χ2v) is 6.35. The van der Waals surface area contributed by atoms with E-state index in [0.29, 0.717) is 18.9 Å². The fourth-order valence-electron chi connectivity index (χ4n) is 2.12. The van der Waals surface area contributed by atoms with E-state index in [1.54, 1.807) is 34.5 Å². The Labute approximate surface area is 138 Å². The van der Waals surface area contributed by atoms with E-state index in [2.05, 4.69) is 20.7 Å². The summed E-state index contributed by atoms with van der Waals surface area (Å²) >= 11 is 1.57. The number of nitrogens with zero attached hydrogens (tertiary/aromatic N) is 3. The molecule has 0 saturated carbocycles. The van der Waals surface area contributed by atoms with Gasteiger partial charge in [0.2, 0.25) is 0 Å². The Morgan fingerprint density at radius 1 is 1.26 bits per heavy atom. The number of anilines is 1. The second kappa shape index (κ2) is 7.06. The Balaban J connectivity index is 1.57. The molecule has 2 aromatic heterocycles. The highest BCUT2D eigenvalue weighted by Crippen LogP contribution is 2.12. The lowest BCUT2D eigenvalue weighted by atomic mass is 10.2. The van der Waals surface area contributed by atoms with Crippen LogP contribution in [0.15, 0.2) is 48.8 Å². The number of nitrogens with one attached hydrogen (secondary N) is 2. The van der Waals surface area contributed by atoms with Crippen molar-refractivity contribution >= 4 is 23.2 Å². The SMILES string of the molecule is Cc1cnc(CNC(=O)Nc2ccnn2Cc2ccccc2)s1. The molecule has 0 fully saturated rings. The van der Waals surface area contributed by atoms with Crippen LogP contribution in [0.25, 0.3) is 0 Å². The average molecular weight is 327 g/mol. The molecule has 23 heavy (non-hydrogen) atoms. The first-order chi connectivity index (χ1) is 11.2. The average Bonchev–Trinajstić information content (AvgIpc) is 3.16. The molecule has 0 atom stereocenters. The maximum atomic E-state index is 12.0. The number of thiazole rings is 1. The lowest BCUT2D eigenvalue weighted by molar-refractivity contribution is 0.251. The van der Waals surface area contributed by atoms with Gasteiger partial charge in [0, 0.05) is 17.1 Å². The van der Waals surface area contributed by atoms with Crippen molar-refractivity contribution in [2.24, 2.45) is 0 Å². The third kappa shape index (κ3) is 4.17. The van der Waals surface area contributed by atoms with Gasteiger partial charge in [-0.25, -0.2) is 14.5 Å². The molecular weight excluding hydrogens is 310 g/mol. The van der Waals surface area contributed by atoms with E-state index in [0.717, 1.165) is 15.4 Å². The number of aryl methyl sites for hydroxylation is 1. The molecule has 2 heterocycles. The van der Waals surface area contributed by atoms with E-state index < -0.39 is 0 Å². The van der Waals surface area contributed by atoms with Crippen molar-refractivity contribution < 1.29 is 4.79 Å². The molecule has 3 aromatic rings. The van der Waals surface area contributed by atoms with Gasteiger partial charge in [-0.3, -0.25) is 5.32 Å². The van der Waals surface area contributed by atoms with E-state index in [-0.39, 0.29) is 6.03 Å². The summed E-state index contributed by atoms with van der Waals surface area (Å²) in [7, 11) is 0. The Kier molecular flexibility index (Phi) is 4.68. The zero-order valence-corrected chi connectivity index (χ0v) is 13.5. The number of benzene rings is 1. The quantitative estimate of drug-likeness (QED) is 0.756. The molecule has 0 bridgehead atoms. The summed E-state index contributed by atoms with van der Waals surface area (Å²) in [5, 5.41) is 10.7. The van der Waals surface area contributed by atoms with E-state index in [1.165, 1.54) is 0 Å². The molecule has 2 N–H and O–H groups in total. The lowest BCUT2D eigenvalue weighted by Crippen LogP contribution is -2.29. The predicted octanol–water partition coefficient (Wildman–Crippen LogP) is 3.02. The Morgan fingerprint density at radius 3 is 2.83 bits per heavy atom. The number of hydrogen-bond acceptors (Lipinski definition) is 4. The van der Waals surface area contributed by atoms with E-state index in [9.17, 15) is 4.79 Å². The molecule has 0 unspecified atom stereocenters. The molecule has 1 aromatic carbocycles. The molecule has 2 amide bonds. The van der Waals surface area contributed by atoms with Crippen molar-refractivity contribution in [3.63, 3.8) is 0 Å². The first-order valence-electron chi connectivity index (χ1n) is 7.22. The predicted molar refractivity (Wildman–Crippen MR) is 90.5 cm³/mol. The first kappa shape index (κ1) is 15.2. The number of hydrogen-bond donors (Lipinski definition) is 2. The van der Waals surface area contributed by atoms with Crippen LogP contribution in [0.4, 0.5) is 10.6 Å². The summed E-state index contributed by atoms with van der Waals surface area (Å²) in [4.78, 5) is 17.4. The van der Waals surface area contributed by atoms with Crippen LogP contribution in [0.1, 0.15) is 15.4 Å². The third-order valence-corrected chi connectivity index (χ3v) is 4.12. The van der Waals surface area contributed by atoms with Crippen LogP contribution in [-0.2, 0) is 13.1 Å². The second-order valence-electron chi connectivity index (χ2n) is 5.03. The smallest absolute Gasteiger partial charge is 0.320 e. The minimum Gasteiger partial charge on any atom is -0.331 e. The summed E-state index contributed by atoms with van der Waals surface area (Å²) in [5.74, 6) is 0.654. The summed E-state index contributed by atoms with van der Waals surface area (Å²) in [6.07, 6.45) is 3.47. The zero-order valence-electron chi connectivity index (χ0n) is 12.7. The largest absolute Gasteiger partial charge is 0.331 e. The highest BCUT2D eigenvalue weighted by atomic mass is 32.1. The normalized spacial score (nSPS) is 10.5. The maximum Gasteiger partial charge on any atom is 0.320 e. The van der Waals surface area contributed by atoms with E-state index in [1.807, 2.05) is 37.3 Å². The molecule has 6 nitrogen and oxygen atoms in total. The van der Waals surface area contributed by atoms with Gasteiger partial charge in [-0.05, 0) is 12.5 Å². The van der Waals surface area contributed by atoms with Crippen LogP contribution < -0.4 is 10.6 Å². The fraction of sp³-hybridized carbons (Fsp3) is 0.188. The molecule has 0 spiro atoms. The van der Waals surface area contributed by atoms with Gasteiger partial charge in [0.1, 0.15) is 10.8 Å². The number of carbonyl (C=O) groups is 1. The zero-order chi connectivity index (χ0) is 16.1. The molecule has 0 radical (unpaired) electrons. The number of aromatic nitrogens is 3. The van der Waals surface area contributed by atoms with Crippen LogP contribution in [-0.4, -0.2) is 20.8 Å². The lowest BCUT2D eigenvalue weighted by Gasteiger charge is -2.09. The maximum absolute atomic E-state index is 12.0. The summed E-state index contributed by atoms with van der Waals surface area (Å²) in [6, 6.07) is 11.5. The van der Waals surface area contributed by atoms with Gasteiger partial charge in [0.15, 0.2) is 0 Å². The number of urea groups is 1. The highest BCUT2D eigenvalue weighted by molar-refractivity contribution is 7.11. The summed E-state index contributed by atoms with van der Waals surface area (Å²) in [6.45, 7) is 3.01. The van der Waals surface area contributed by atoms with E-state index in [4.69, 9.17) is 0 Å². The van der Waals surface area contributed by atoms with Crippen molar-refractivity contribution in [1.82, 2.24) is 20.1 Å². The fourth-order valence-corrected chi connectivity index (χ4v) is 2.85. The van der Waals surface area contributed by atoms with Crippen molar-refractivity contribution in [1.29, 1.82) is 0 Å². The van der Waals surface area contributed by atoms with Crippen LogP contribution in [0.5, 0.6) is 0 Å². The molecule has 0 aliphatic carbocycles. The Hall–Kier alpha value is -2.67. The van der Waals surface area contributed by atoms with Crippen LogP contribution in [0.3, 0.4) is 0 Å². The monoisotopic (exact) mass is 327 g/mol. The van der Waals surface area contributed by atoms with Crippen LogP contribution in [0.2, 0.25) is 0 Å². The van der Waals surface area contributed by atoms with Gasteiger partial charge >= 0.3 is 6.03 Å². The van der Waals surface area contributed by atoms with Crippen molar-refractivity contribution in [3.05, 3.63) is 64.2 Å². The molecule has 0 saturated heterocycles. The molecule has 118 valence electrons. The molecule has 0 aliphatic heterocycles. The molecule has 0 aliphatic rings. The number of carbonyl (C=O) groups excluding carboxylic acids is 1. The van der Waals surface area contributed by atoms with Crippen LogP contribution >= 0.6 is 11.3 Å². The standard InChI is InChI=1S/C16H17N5OS/c1-12-9-17-15(23-12)10-18-16(22)20-14-7-8-19-21(14)11-13-5-3-2-4-6-13/h2-9H,10-11H2,1H3,(H2,18,20,22). The van der Waals surface area contributed by atoms with Gasteiger partial charge in [-0.15, -0.1) is 11.3 Å². The minimum atomic E-state index is -0.271.